The minimum absolute atomic E-state index is 0.188. The van der Waals surface area contributed by atoms with Crippen molar-refractivity contribution in [1.29, 1.82) is 0 Å². The molecule has 0 aliphatic rings. The molecule has 1 N–H and O–H groups in total. The van der Waals surface area contributed by atoms with Crippen molar-refractivity contribution in [3.05, 3.63) is 0 Å². The van der Waals surface area contributed by atoms with E-state index in [1.807, 2.05) is 0 Å². The van der Waals surface area contributed by atoms with Crippen LogP contribution >= 0.6 is 0 Å². The number of rotatable bonds is 4. The second-order valence-corrected chi connectivity index (χ2v) is 4.99. The number of hydrogen-bond donors (Lipinski definition) is 1. The number of carbonyl (C=O) groups excluding carboxylic acids is 1. The fraction of sp³-hybridized carbons (Fsp3) is 0.857. The highest BCUT2D eigenvalue weighted by Gasteiger charge is 2.50. The van der Waals surface area contributed by atoms with Crippen LogP contribution in [0.3, 0.4) is 0 Å². The quantitative estimate of drug-likeness (QED) is 0.599. The molecule has 0 saturated carbocycles. The maximum absolute atomic E-state index is 11.8. The van der Waals surface area contributed by atoms with Gasteiger partial charge in [0.2, 0.25) is 0 Å². The van der Waals surface area contributed by atoms with Crippen LogP contribution in [0.15, 0.2) is 0 Å². The van der Waals surface area contributed by atoms with E-state index in [0.717, 1.165) is 0 Å². The number of hydrogen-bond acceptors (Lipinski definition) is 5. The topological polar surface area (TPSA) is 80.7 Å². The summed E-state index contributed by atoms with van der Waals surface area (Å²) in [6.07, 6.45) is -2.08. The molecule has 0 saturated heterocycles. The maximum atomic E-state index is 11.8. The Bertz CT molecular complexity index is 346. The van der Waals surface area contributed by atoms with Crippen LogP contribution in [0.25, 0.3) is 0 Å². The average molecular weight is 264 g/mol. The smallest absolute Gasteiger partial charge is 0.381 e. The van der Waals surface area contributed by atoms with Gasteiger partial charge in [-0.2, -0.15) is 21.6 Å². The minimum Gasteiger partial charge on any atom is -0.381 e. The van der Waals surface area contributed by atoms with Gasteiger partial charge in [-0.25, -0.2) is 4.79 Å². The summed E-state index contributed by atoms with van der Waals surface area (Å²) < 4.78 is 59.3. The SMILES string of the molecule is CC(C)CC(O)C(=O)OS(=O)(=O)C(F)(F)F. The van der Waals surface area contributed by atoms with E-state index in [-0.39, 0.29) is 12.3 Å². The molecule has 0 aromatic heterocycles. The van der Waals surface area contributed by atoms with Crippen LogP contribution < -0.4 is 0 Å². The highest BCUT2D eigenvalue weighted by Crippen LogP contribution is 2.25. The fourth-order valence-electron chi connectivity index (χ4n) is 0.754. The molecule has 96 valence electrons. The van der Waals surface area contributed by atoms with Gasteiger partial charge in [0.05, 0.1) is 0 Å². The molecule has 0 rings (SSSR count). The molecule has 9 heteroatoms. The molecular weight excluding hydrogens is 253 g/mol. The molecule has 16 heavy (non-hydrogen) atoms. The second kappa shape index (κ2) is 5.00. The summed E-state index contributed by atoms with van der Waals surface area (Å²) in [7, 11) is -5.99. The zero-order valence-corrected chi connectivity index (χ0v) is 9.30. The Morgan fingerprint density at radius 3 is 2.12 bits per heavy atom. The fourth-order valence-corrected chi connectivity index (χ4v) is 1.18. The summed E-state index contributed by atoms with van der Waals surface area (Å²) in [6.45, 7) is 3.18. The highest BCUT2D eigenvalue weighted by molar-refractivity contribution is 7.88. The molecule has 0 aliphatic carbocycles. The van der Waals surface area contributed by atoms with Crippen molar-refractivity contribution in [2.45, 2.75) is 31.9 Å². The van der Waals surface area contributed by atoms with E-state index >= 15 is 0 Å². The van der Waals surface area contributed by atoms with Crippen LogP contribution in [0.4, 0.5) is 13.2 Å². The summed E-state index contributed by atoms with van der Waals surface area (Å²) in [4.78, 5) is 10.8. The first-order chi connectivity index (χ1) is 6.97. The van der Waals surface area contributed by atoms with Gasteiger partial charge in [-0.1, -0.05) is 13.8 Å². The molecule has 0 radical (unpaired) electrons. The average Bonchev–Trinajstić information content (AvgIpc) is 1.99. The Kier molecular flexibility index (Phi) is 4.74. The highest BCUT2D eigenvalue weighted by atomic mass is 32.2. The zero-order valence-electron chi connectivity index (χ0n) is 8.48. The lowest BCUT2D eigenvalue weighted by Gasteiger charge is -2.13. The van der Waals surface area contributed by atoms with Crippen molar-refractivity contribution in [1.82, 2.24) is 0 Å². The Morgan fingerprint density at radius 2 is 1.81 bits per heavy atom. The van der Waals surface area contributed by atoms with Gasteiger partial charge in [-0.05, 0) is 12.3 Å². The predicted octanol–water partition coefficient (Wildman–Crippen LogP) is 0.786. The van der Waals surface area contributed by atoms with Crippen LogP contribution in [0, 0.1) is 5.92 Å². The number of halogens is 3. The maximum Gasteiger partial charge on any atom is 0.534 e. The van der Waals surface area contributed by atoms with Crippen molar-refractivity contribution in [3.63, 3.8) is 0 Å². The Balaban J connectivity index is 4.59. The molecular formula is C7H11F3O5S. The molecule has 0 aromatic rings. The van der Waals surface area contributed by atoms with Gasteiger partial charge >= 0.3 is 21.6 Å². The Morgan fingerprint density at radius 1 is 1.38 bits per heavy atom. The van der Waals surface area contributed by atoms with Crippen LogP contribution in [-0.4, -0.2) is 31.1 Å². The predicted molar refractivity (Wildman–Crippen MR) is 46.5 cm³/mol. The number of alkyl halides is 3. The van der Waals surface area contributed by atoms with Crippen molar-refractivity contribution in [2.75, 3.05) is 0 Å². The van der Waals surface area contributed by atoms with Gasteiger partial charge in [0.1, 0.15) is 0 Å². The Hall–Kier alpha value is -0.830. The third kappa shape index (κ3) is 4.35. The van der Waals surface area contributed by atoms with Crippen LogP contribution in [0.2, 0.25) is 0 Å². The van der Waals surface area contributed by atoms with E-state index in [4.69, 9.17) is 5.11 Å². The van der Waals surface area contributed by atoms with Crippen LogP contribution in [0.5, 0.6) is 0 Å². The third-order valence-electron chi connectivity index (χ3n) is 1.44. The summed E-state index contributed by atoms with van der Waals surface area (Å²) in [6, 6.07) is 0. The van der Waals surface area contributed by atoms with Crippen molar-refractivity contribution in [2.24, 2.45) is 5.92 Å². The number of aliphatic hydroxyl groups is 1. The normalized spacial score (nSPS) is 14.9. The lowest BCUT2D eigenvalue weighted by atomic mass is 10.1. The van der Waals surface area contributed by atoms with E-state index in [9.17, 15) is 26.4 Å². The van der Waals surface area contributed by atoms with Crippen molar-refractivity contribution in [3.8, 4) is 0 Å². The molecule has 0 fully saturated rings. The van der Waals surface area contributed by atoms with Crippen molar-refractivity contribution < 1.29 is 35.7 Å². The number of aliphatic hydroxyl groups excluding tert-OH is 1. The Labute approximate surface area is 90.3 Å². The molecule has 0 amide bonds. The summed E-state index contributed by atoms with van der Waals surface area (Å²) in [5.74, 6) is -2.03. The van der Waals surface area contributed by atoms with Crippen molar-refractivity contribution >= 4 is 16.1 Å². The van der Waals surface area contributed by atoms with Gasteiger partial charge in [-0.3, -0.25) is 0 Å². The summed E-state index contributed by atoms with van der Waals surface area (Å²) in [5.41, 5.74) is -5.68. The molecule has 5 nitrogen and oxygen atoms in total. The van der Waals surface area contributed by atoms with Gasteiger partial charge < -0.3 is 9.29 Å². The lowest BCUT2D eigenvalue weighted by Crippen LogP contribution is -2.33. The monoisotopic (exact) mass is 264 g/mol. The molecule has 0 bridgehead atoms. The first-order valence-corrected chi connectivity index (χ1v) is 5.61. The summed E-state index contributed by atoms with van der Waals surface area (Å²) in [5, 5.41) is 9.01. The van der Waals surface area contributed by atoms with E-state index in [0.29, 0.717) is 0 Å². The van der Waals surface area contributed by atoms with Gasteiger partial charge in [0.15, 0.2) is 6.10 Å². The molecule has 1 unspecified atom stereocenters. The number of carbonyl (C=O) groups is 1. The van der Waals surface area contributed by atoms with E-state index in [1.165, 1.54) is 0 Å². The third-order valence-corrected chi connectivity index (χ3v) is 2.39. The first-order valence-electron chi connectivity index (χ1n) is 4.20. The zero-order chi connectivity index (χ0) is 13.1. The van der Waals surface area contributed by atoms with E-state index in [2.05, 4.69) is 4.18 Å². The van der Waals surface area contributed by atoms with E-state index in [1.54, 1.807) is 13.8 Å². The standard InChI is InChI=1S/C7H11F3O5S/c1-4(2)3-5(11)6(12)15-16(13,14)7(8,9)10/h4-5,11H,3H2,1-2H3. The van der Waals surface area contributed by atoms with Gasteiger partial charge in [-0.15, -0.1) is 0 Å². The van der Waals surface area contributed by atoms with Crippen LogP contribution in [0.1, 0.15) is 20.3 Å². The molecule has 0 aromatic carbocycles. The lowest BCUT2D eigenvalue weighted by molar-refractivity contribution is -0.146. The molecule has 0 spiro atoms. The minimum atomic E-state index is -5.99. The molecule has 0 heterocycles. The molecule has 0 aliphatic heterocycles. The second-order valence-electron chi connectivity index (χ2n) is 3.45. The van der Waals surface area contributed by atoms with E-state index < -0.39 is 27.7 Å². The van der Waals surface area contributed by atoms with Gasteiger partial charge in [0, 0.05) is 0 Å². The van der Waals surface area contributed by atoms with Crippen LogP contribution in [-0.2, 0) is 19.1 Å². The molecule has 1 atom stereocenters. The largest absolute Gasteiger partial charge is 0.534 e. The summed E-state index contributed by atoms with van der Waals surface area (Å²) >= 11 is 0. The van der Waals surface area contributed by atoms with Gasteiger partial charge in [0.25, 0.3) is 0 Å². The first kappa shape index (κ1) is 15.2.